The monoisotopic (exact) mass is 323 g/mol. The number of pyridine rings is 1. The molecule has 3 aromatic rings. The summed E-state index contributed by atoms with van der Waals surface area (Å²) in [7, 11) is 0. The van der Waals surface area contributed by atoms with Gasteiger partial charge in [0.1, 0.15) is 23.8 Å². The Kier molecular flexibility index (Phi) is 4.22. The summed E-state index contributed by atoms with van der Waals surface area (Å²) >= 11 is 0. The molecule has 0 radical (unpaired) electrons. The highest BCUT2D eigenvalue weighted by atomic mass is 15.2. The van der Waals surface area contributed by atoms with Crippen LogP contribution in [-0.4, -0.2) is 44.2 Å². The predicted octanol–water partition coefficient (Wildman–Crippen LogP) is 2.16. The van der Waals surface area contributed by atoms with E-state index in [-0.39, 0.29) is 0 Å². The van der Waals surface area contributed by atoms with Gasteiger partial charge in [-0.25, -0.2) is 9.97 Å². The summed E-state index contributed by atoms with van der Waals surface area (Å²) in [5.41, 5.74) is 0.895. The Morgan fingerprint density at radius 2 is 2.00 bits per heavy atom. The molecule has 1 aliphatic heterocycles. The largest absolute Gasteiger partial charge is 0.370 e. The Hall–Kier alpha value is -2.70. The van der Waals surface area contributed by atoms with Gasteiger partial charge in [-0.15, -0.1) is 10.2 Å². The highest BCUT2D eigenvalue weighted by Gasteiger charge is 2.13. The van der Waals surface area contributed by atoms with Crippen molar-refractivity contribution in [3.8, 4) is 0 Å². The molecule has 0 unspecified atom stereocenters. The molecule has 4 heterocycles. The highest BCUT2D eigenvalue weighted by Crippen LogP contribution is 2.19. The Bertz CT molecular complexity index is 807. The Labute approximate surface area is 140 Å². The lowest BCUT2D eigenvalue weighted by Crippen LogP contribution is -2.19. The fraction of sp³-hybridized carbons (Fsp3) is 0.412. The van der Waals surface area contributed by atoms with Crippen LogP contribution in [0.4, 0.5) is 11.6 Å². The van der Waals surface area contributed by atoms with Gasteiger partial charge in [-0.1, -0.05) is 6.07 Å². The topological polar surface area (TPSA) is 71.2 Å². The third-order valence-electron chi connectivity index (χ3n) is 4.35. The van der Waals surface area contributed by atoms with Crippen molar-refractivity contribution in [2.45, 2.75) is 25.7 Å². The number of aryl methyl sites for hydroxylation is 1. The van der Waals surface area contributed by atoms with Crippen LogP contribution in [0.15, 0.2) is 36.8 Å². The molecule has 0 aliphatic carbocycles. The highest BCUT2D eigenvalue weighted by molar-refractivity contribution is 5.48. The number of fused-ring (bicyclic) bond motifs is 1. The van der Waals surface area contributed by atoms with Gasteiger partial charge in [0.2, 0.25) is 0 Å². The van der Waals surface area contributed by atoms with Crippen molar-refractivity contribution in [3.63, 3.8) is 0 Å². The maximum absolute atomic E-state index is 4.38. The Balaban J connectivity index is 1.32. The Morgan fingerprint density at radius 1 is 1.08 bits per heavy atom. The summed E-state index contributed by atoms with van der Waals surface area (Å²) in [6.07, 6.45) is 7.99. The first kappa shape index (κ1) is 14.9. The zero-order chi connectivity index (χ0) is 16.2. The molecule has 0 bridgehead atoms. The van der Waals surface area contributed by atoms with E-state index in [1.807, 2.05) is 34.9 Å². The minimum atomic E-state index is 0.845. The van der Waals surface area contributed by atoms with Crippen LogP contribution in [-0.2, 0) is 6.42 Å². The fourth-order valence-corrected chi connectivity index (χ4v) is 3.09. The van der Waals surface area contributed by atoms with E-state index in [9.17, 15) is 0 Å². The molecule has 7 nitrogen and oxygen atoms in total. The molecule has 0 spiro atoms. The molecular weight excluding hydrogens is 302 g/mol. The van der Waals surface area contributed by atoms with E-state index in [0.29, 0.717) is 0 Å². The molecule has 1 aliphatic rings. The molecule has 7 heteroatoms. The van der Waals surface area contributed by atoms with Crippen LogP contribution in [0.5, 0.6) is 0 Å². The molecule has 1 saturated heterocycles. The summed E-state index contributed by atoms with van der Waals surface area (Å²) in [6, 6.07) is 7.98. The first-order valence-electron chi connectivity index (χ1n) is 8.50. The van der Waals surface area contributed by atoms with Crippen molar-refractivity contribution < 1.29 is 0 Å². The van der Waals surface area contributed by atoms with Gasteiger partial charge in [-0.2, -0.15) is 0 Å². The summed E-state index contributed by atoms with van der Waals surface area (Å²) in [5, 5.41) is 11.8. The van der Waals surface area contributed by atoms with Crippen LogP contribution in [0.1, 0.15) is 25.1 Å². The summed E-state index contributed by atoms with van der Waals surface area (Å²) in [6.45, 7) is 3.03. The van der Waals surface area contributed by atoms with E-state index >= 15 is 0 Å². The second-order valence-corrected chi connectivity index (χ2v) is 6.03. The number of aromatic nitrogens is 5. The quantitative estimate of drug-likeness (QED) is 0.701. The summed E-state index contributed by atoms with van der Waals surface area (Å²) < 4.78 is 2.04. The van der Waals surface area contributed by atoms with Crippen LogP contribution < -0.4 is 10.2 Å². The van der Waals surface area contributed by atoms with E-state index in [4.69, 9.17) is 0 Å². The number of hydrogen-bond acceptors (Lipinski definition) is 6. The zero-order valence-corrected chi connectivity index (χ0v) is 13.6. The van der Waals surface area contributed by atoms with Gasteiger partial charge >= 0.3 is 0 Å². The molecular formula is C17H21N7. The lowest BCUT2D eigenvalue weighted by atomic mass is 10.3. The van der Waals surface area contributed by atoms with Crippen LogP contribution in [0, 0.1) is 0 Å². The summed E-state index contributed by atoms with van der Waals surface area (Å²) in [5.74, 6) is 2.90. The summed E-state index contributed by atoms with van der Waals surface area (Å²) in [4.78, 5) is 11.0. The normalized spacial score (nSPS) is 14.4. The van der Waals surface area contributed by atoms with Crippen LogP contribution in [0.25, 0.3) is 5.65 Å². The molecule has 4 rings (SSSR count). The number of hydrogen-bond donors (Lipinski definition) is 1. The second kappa shape index (κ2) is 6.82. The van der Waals surface area contributed by atoms with Crippen molar-refractivity contribution in [1.82, 2.24) is 24.6 Å². The van der Waals surface area contributed by atoms with Gasteiger partial charge in [0, 0.05) is 38.3 Å². The second-order valence-electron chi connectivity index (χ2n) is 6.03. The van der Waals surface area contributed by atoms with Gasteiger partial charge < -0.3 is 10.2 Å². The van der Waals surface area contributed by atoms with E-state index in [1.54, 1.807) is 6.33 Å². The van der Waals surface area contributed by atoms with Crippen molar-refractivity contribution in [3.05, 3.63) is 42.6 Å². The molecule has 24 heavy (non-hydrogen) atoms. The minimum Gasteiger partial charge on any atom is -0.370 e. The minimum absolute atomic E-state index is 0.845. The van der Waals surface area contributed by atoms with E-state index in [2.05, 4.69) is 30.4 Å². The lowest BCUT2D eigenvalue weighted by molar-refractivity contribution is 0.786. The van der Waals surface area contributed by atoms with Crippen molar-refractivity contribution in [2.24, 2.45) is 0 Å². The van der Waals surface area contributed by atoms with Crippen molar-refractivity contribution >= 4 is 17.3 Å². The SMILES string of the molecule is c1ccn2c(CCCNc3cc(N4CCCC4)ncn3)nnc2c1. The first-order valence-corrected chi connectivity index (χ1v) is 8.50. The van der Waals surface area contributed by atoms with Crippen LogP contribution in [0.2, 0.25) is 0 Å². The maximum atomic E-state index is 4.38. The molecule has 0 aromatic carbocycles. The maximum Gasteiger partial charge on any atom is 0.160 e. The van der Waals surface area contributed by atoms with Crippen molar-refractivity contribution in [1.29, 1.82) is 0 Å². The molecule has 0 atom stereocenters. The van der Waals surface area contributed by atoms with Gasteiger partial charge in [0.05, 0.1) is 0 Å². The zero-order valence-electron chi connectivity index (χ0n) is 13.6. The van der Waals surface area contributed by atoms with E-state index in [1.165, 1.54) is 12.8 Å². The average Bonchev–Trinajstić information content (AvgIpc) is 3.29. The average molecular weight is 323 g/mol. The molecule has 3 aromatic heterocycles. The molecule has 124 valence electrons. The van der Waals surface area contributed by atoms with Gasteiger partial charge in [0.15, 0.2) is 5.65 Å². The standard InChI is InChI=1S/C17H21N7/c1-2-11-24-15(6-1)21-22-16(24)7-5-8-18-14-12-17(20-13-19-14)23-9-3-4-10-23/h1-2,6,11-13H,3-5,7-10H2,(H,18,19,20). The first-order chi connectivity index (χ1) is 11.9. The predicted molar refractivity (Wildman–Crippen MR) is 93.3 cm³/mol. The third-order valence-corrected chi connectivity index (χ3v) is 4.35. The molecule has 1 fully saturated rings. The number of rotatable bonds is 6. The van der Waals surface area contributed by atoms with Gasteiger partial charge in [-0.3, -0.25) is 4.40 Å². The fourth-order valence-electron chi connectivity index (χ4n) is 3.09. The molecule has 0 saturated carbocycles. The number of nitrogens with one attached hydrogen (secondary N) is 1. The molecule has 1 N–H and O–H groups in total. The number of anilines is 2. The van der Waals surface area contributed by atoms with Crippen LogP contribution in [0.3, 0.4) is 0 Å². The van der Waals surface area contributed by atoms with Crippen LogP contribution >= 0.6 is 0 Å². The lowest BCUT2D eigenvalue weighted by Gasteiger charge is -2.16. The van der Waals surface area contributed by atoms with E-state index in [0.717, 1.165) is 55.6 Å². The van der Waals surface area contributed by atoms with E-state index < -0.39 is 0 Å². The van der Waals surface area contributed by atoms with Gasteiger partial charge in [0.25, 0.3) is 0 Å². The van der Waals surface area contributed by atoms with Crippen molar-refractivity contribution in [2.75, 3.05) is 29.9 Å². The Morgan fingerprint density at radius 3 is 2.92 bits per heavy atom. The van der Waals surface area contributed by atoms with Gasteiger partial charge in [-0.05, 0) is 31.4 Å². The third kappa shape index (κ3) is 3.15. The molecule has 0 amide bonds. The smallest absolute Gasteiger partial charge is 0.160 e. The number of nitrogens with zero attached hydrogens (tertiary/aromatic N) is 6.